The first kappa shape index (κ1) is 18.4. The molecule has 0 amide bonds. The molecule has 0 aliphatic carbocycles. The van der Waals surface area contributed by atoms with E-state index in [4.69, 9.17) is 5.26 Å². The summed E-state index contributed by atoms with van der Waals surface area (Å²) in [5.41, 5.74) is 1.36. The molecule has 1 N–H and O–H groups in total. The molecule has 0 unspecified atom stereocenters. The Hall–Kier alpha value is -1.56. The zero-order valence-corrected chi connectivity index (χ0v) is 13.3. The molecule has 0 spiro atoms. The monoisotopic (exact) mass is 275 g/mol. The lowest BCUT2D eigenvalue weighted by molar-refractivity contribution is 0.585. The molecule has 3 heteroatoms. The van der Waals surface area contributed by atoms with Crippen molar-refractivity contribution in [3.05, 3.63) is 24.0 Å². The zero-order valence-electron chi connectivity index (χ0n) is 13.3. The van der Waals surface area contributed by atoms with Crippen molar-refractivity contribution in [1.29, 1.82) is 5.26 Å². The maximum absolute atomic E-state index is 8.37. The van der Waals surface area contributed by atoms with Crippen LogP contribution in [0.5, 0.6) is 0 Å². The number of unbranched alkanes of at least 4 members (excludes halogenated alkanes) is 7. The molecule has 0 saturated heterocycles. The Labute approximate surface area is 124 Å². The van der Waals surface area contributed by atoms with Crippen LogP contribution >= 0.6 is 0 Å². The quantitative estimate of drug-likeness (QED) is 0.668. The van der Waals surface area contributed by atoms with E-state index in [1.165, 1.54) is 51.4 Å². The van der Waals surface area contributed by atoms with Gasteiger partial charge in [0.15, 0.2) is 0 Å². The first-order valence-electron chi connectivity index (χ1n) is 7.82. The predicted octanol–water partition coefficient (Wildman–Crippen LogP) is 5.14. The fourth-order valence-corrected chi connectivity index (χ4v) is 1.81. The molecule has 0 aliphatic rings. The minimum atomic E-state index is 0.444. The molecule has 1 rings (SSSR count). The second kappa shape index (κ2) is 13.9. The first-order chi connectivity index (χ1) is 9.78. The van der Waals surface area contributed by atoms with Crippen LogP contribution in [0.1, 0.15) is 70.9 Å². The summed E-state index contributed by atoms with van der Waals surface area (Å²) in [4.78, 5) is 3.84. The molecule has 1 aromatic rings. The number of nitrogens with zero attached hydrogens (tertiary/aromatic N) is 2. The number of nitriles is 1. The number of hydrogen-bond acceptors (Lipinski definition) is 3. The Balaban J connectivity index is 0.000000361. The van der Waals surface area contributed by atoms with Gasteiger partial charge in [0.1, 0.15) is 11.8 Å². The van der Waals surface area contributed by atoms with Gasteiger partial charge < -0.3 is 5.32 Å². The third-order valence-corrected chi connectivity index (χ3v) is 3.12. The van der Waals surface area contributed by atoms with Gasteiger partial charge in [-0.1, -0.05) is 65.2 Å². The van der Waals surface area contributed by atoms with E-state index in [0.717, 1.165) is 5.69 Å². The molecular formula is C17H29N3. The Kier molecular flexibility index (Phi) is 12.8. The Bertz CT molecular complexity index is 343. The topological polar surface area (TPSA) is 48.7 Å². The smallest absolute Gasteiger partial charge is 0.140 e. The van der Waals surface area contributed by atoms with Gasteiger partial charge in [-0.05, 0) is 12.1 Å². The number of nitrogens with one attached hydrogen (secondary N) is 1. The third-order valence-electron chi connectivity index (χ3n) is 3.12. The highest BCUT2D eigenvalue weighted by Gasteiger charge is 1.89. The van der Waals surface area contributed by atoms with Gasteiger partial charge in [-0.15, -0.1) is 0 Å². The Morgan fingerprint density at radius 2 is 1.55 bits per heavy atom. The van der Waals surface area contributed by atoms with Gasteiger partial charge in [-0.25, -0.2) is 4.98 Å². The van der Waals surface area contributed by atoms with Crippen molar-refractivity contribution in [2.45, 2.75) is 65.2 Å². The summed E-state index contributed by atoms with van der Waals surface area (Å²) >= 11 is 0. The van der Waals surface area contributed by atoms with E-state index in [1.807, 2.05) is 19.2 Å². The van der Waals surface area contributed by atoms with Gasteiger partial charge in [0.25, 0.3) is 0 Å². The second-order valence-electron chi connectivity index (χ2n) is 4.92. The van der Waals surface area contributed by atoms with Gasteiger partial charge in [0.2, 0.25) is 0 Å². The number of anilines is 1. The van der Waals surface area contributed by atoms with Gasteiger partial charge in [-0.3, -0.25) is 0 Å². The predicted molar refractivity (Wildman–Crippen MR) is 86.8 cm³/mol. The largest absolute Gasteiger partial charge is 0.387 e. The molecule has 0 radical (unpaired) electrons. The van der Waals surface area contributed by atoms with Crippen LogP contribution in [0.3, 0.4) is 0 Å². The average Bonchev–Trinajstić information content (AvgIpc) is 2.51. The SMILES string of the molecule is CCCCCCCCCC.CNc1ccc(C#N)nc1. The van der Waals surface area contributed by atoms with E-state index in [-0.39, 0.29) is 0 Å². The van der Waals surface area contributed by atoms with Crippen LogP contribution < -0.4 is 5.32 Å². The van der Waals surface area contributed by atoms with Crippen LogP contribution in [0.2, 0.25) is 0 Å². The summed E-state index contributed by atoms with van der Waals surface area (Å²) in [7, 11) is 1.81. The van der Waals surface area contributed by atoms with E-state index in [1.54, 1.807) is 12.3 Å². The van der Waals surface area contributed by atoms with E-state index < -0.39 is 0 Å². The van der Waals surface area contributed by atoms with Crippen molar-refractivity contribution in [2.24, 2.45) is 0 Å². The summed E-state index contributed by atoms with van der Waals surface area (Å²) < 4.78 is 0. The zero-order chi connectivity index (χ0) is 15.1. The summed E-state index contributed by atoms with van der Waals surface area (Å²) in [5, 5.41) is 11.3. The van der Waals surface area contributed by atoms with Crippen molar-refractivity contribution in [3.63, 3.8) is 0 Å². The van der Waals surface area contributed by atoms with E-state index in [0.29, 0.717) is 5.69 Å². The normalized spacial score (nSPS) is 9.30. The fourth-order valence-electron chi connectivity index (χ4n) is 1.81. The van der Waals surface area contributed by atoms with Gasteiger partial charge >= 0.3 is 0 Å². The second-order valence-corrected chi connectivity index (χ2v) is 4.92. The van der Waals surface area contributed by atoms with E-state index in [2.05, 4.69) is 24.1 Å². The van der Waals surface area contributed by atoms with Crippen LogP contribution in [-0.4, -0.2) is 12.0 Å². The van der Waals surface area contributed by atoms with E-state index in [9.17, 15) is 0 Å². The van der Waals surface area contributed by atoms with Crippen LogP contribution in [0.25, 0.3) is 0 Å². The molecule has 20 heavy (non-hydrogen) atoms. The maximum atomic E-state index is 8.37. The molecule has 1 heterocycles. The van der Waals surface area contributed by atoms with Crippen molar-refractivity contribution in [1.82, 2.24) is 4.98 Å². The summed E-state index contributed by atoms with van der Waals surface area (Å²) in [6.45, 7) is 4.54. The number of hydrogen-bond donors (Lipinski definition) is 1. The van der Waals surface area contributed by atoms with Gasteiger partial charge in [0.05, 0.1) is 11.9 Å². The lowest BCUT2D eigenvalue weighted by atomic mass is 10.1. The number of aromatic nitrogens is 1. The molecule has 112 valence electrons. The maximum Gasteiger partial charge on any atom is 0.140 e. The highest BCUT2D eigenvalue weighted by Crippen LogP contribution is 2.07. The number of rotatable bonds is 8. The Morgan fingerprint density at radius 1 is 1.00 bits per heavy atom. The lowest BCUT2D eigenvalue weighted by Crippen LogP contribution is -1.89. The lowest BCUT2D eigenvalue weighted by Gasteiger charge is -1.97. The minimum Gasteiger partial charge on any atom is -0.387 e. The molecule has 0 aliphatic heterocycles. The van der Waals surface area contributed by atoms with Crippen LogP contribution in [0, 0.1) is 11.3 Å². The van der Waals surface area contributed by atoms with Crippen molar-refractivity contribution in [2.75, 3.05) is 12.4 Å². The molecule has 3 nitrogen and oxygen atoms in total. The molecule has 0 atom stereocenters. The summed E-state index contributed by atoms with van der Waals surface area (Å²) in [5.74, 6) is 0. The average molecular weight is 275 g/mol. The Morgan fingerprint density at radius 3 is 1.90 bits per heavy atom. The molecule has 1 aromatic heterocycles. The van der Waals surface area contributed by atoms with Crippen LogP contribution in [0.4, 0.5) is 5.69 Å². The summed E-state index contributed by atoms with van der Waals surface area (Å²) in [6.07, 6.45) is 13.1. The van der Waals surface area contributed by atoms with Crippen LogP contribution in [-0.2, 0) is 0 Å². The van der Waals surface area contributed by atoms with Crippen molar-refractivity contribution in [3.8, 4) is 6.07 Å². The highest BCUT2D eigenvalue weighted by molar-refractivity contribution is 5.41. The van der Waals surface area contributed by atoms with Crippen molar-refractivity contribution < 1.29 is 0 Å². The standard InChI is InChI=1S/C10H22.C7H7N3/c1-3-5-7-9-10-8-6-4-2;1-9-7-3-2-6(4-8)10-5-7/h3-10H2,1-2H3;2-3,5,9H,1H3. The van der Waals surface area contributed by atoms with E-state index >= 15 is 0 Å². The molecule has 0 saturated carbocycles. The van der Waals surface area contributed by atoms with Crippen LogP contribution in [0.15, 0.2) is 18.3 Å². The minimum absolute atomic E-state index is 0.444. The molecule has 0 fully saturated rings. The fraction of sp³-hybridized carbons (Fsp3) is 0.647. The summed E-state index contributed by atoms with van der Waals surface area (Å²) in [6, 6.07) is 5.42. The first-order valence-corrected chi connectivity index (χ1v) is 7.82. The molecule has 0 aromatic carbocycles. The van der Waals surface area contributed by atoms with Gasteiger partial charge in [-0.2, -0.15) is 5.26 Å². The highest BCUT2D eigenvalue weighted by atomic mass is 14.8. The third kappa shape index (κ3) is 10.4. The van der Waals surface area contributed by atoms with Gasteiger partial charge in [0, 0.05) is 7.05 Å². The molecule has 0 bridgehead atoms. The number of pyridine rings is 1. The van der Waals surface area contributed by atoms with Crippen molar-refractivity contribution >= 4 is 5.69 Å². The molecular weight excluding hydrogens is 246 g/mol.